The van der Waals surface area contributed by atoms with Gasteiger partial charge in [0.15, 0.2) is 0 Å². The lowest BCUT2D eigenvalue weighted by Crippen LogP contribution is -2.08. The third-order valence-electron chi connectivity index (χ3n) is 4.40. The first-order chi connectivity index (χ1) is 11.8. The van der Waals surface area contributed by atoms with Gasteiger partial charge in [-0.1, -0.05) is 24.3 Å². The molecule has 2 aromatic carbocycles. The molecular weight excluding hydrogens is 298 g/mol. The first kappa shape index (κ1) is 14.9. The summed E-state index contributed by atoms with van der Waals surface area (Å²) in [4.78, 5) is 4.37. The summed E-state index contributed by atoms with van der Waals surface area (Å²) >= 11 is 0. The molecule has 1 aliphatic heterocycles. The van der Waals surface area contributed by atoms with Gasteiger partial charge in [-0.3, -0.25) is 0 Å². The molecule has 3 aromatic rings. The van der Waals surface area contributed by atoms with E-state index >= 15 is 0 Å². The summed E-state index contributed by atoms with van der Waals surface area (Å²) < 4.78 is 1.78. The zero-order valence-electron chi connectivity index (χ0n) is 13.7. The second-order valence-corrected chi connectivity index (χ2v) is 6.30. The lowest BCUT2D eigenvalue weighted by molar-refractivity contribution is 0.763. The number of anilines is 2. The molecular formula is C19H21N5. The van der Waals surface area contributed by atoms with Crippen molar-refractivity contribution in [1.82, 2.24) is 20.1 Å². The quantitative estimate of drug-likeness (QED) is 0.774. The van der Waals surface area contributed by atoms with Crippen molar-refractivity contribution in [2.75, 3.05) is 18.4 Å². The number of aryl methyl sites for hydroxylation is 1. The van der Waals surface area contributed by atoms with Crippen LogP contribution in [0.5, 0.6) is 0 Å². The van der Waals surface area contributed by atoms with Crippen LogP contribution in [0.15, 0.2) is 54.9 Å². The Bertz CT molecular complexity index is 819. The smallest absolute Gasteiger partial charge is 0.246 e. The second-order valence-electron chi connectivity index (χ2n) is 6.30. The molecule has 5 nitrogen and oxygen atoms in total. The van der Waals surface area contributed by atoms with E-state index in [-0.39, 0.29) is 0 Å². The van der Waals surface area contributed by atoms with Gasteiger partial charge in [-0.05, 0) is 61.2 Å². The highest BCUT2D eigenvalue weighted by Gasteiger charge is 2.17. The fourth-order valence-electron chi connectivity index (χ4n) is 3.21. The predicted molar refractivity (Wildman–Crippen MR) is 96.0 cm³/mol. The van der Waals surface area contributed by atoms with E-state index in [9.17, 15) is 0 Å². The Labute approximate surface area is 141 Å². The average molecular weight is 319 g/mol. The molecule has 0 aliphatic carbocycles. The number of rotatable bonds is 4. The molecule has 1 atom stereocenters. The largest absolute Gasteiger partial charge is 0.323 e. The van der Waals surface area contributed by atoms with Crippen molar-refractivity contribution in [3.8, 4) is 5.69 Å². The van der Waals surface area contributed by atoms with Crippen LogP contribution >= 0.6 is 0 Å². The number of para-hydroxylation sites is 1. The van der Waals surface area contributed by atoms with Gasteiger partial charge >= 0.3 is 0 Å². The summed E-state index contributed by atoms with van der Waals surface area (Å²) in [6.45, 7) is 4.29. The van der Waals surface area contributed by atoms with Crippen LogP contribution in [0.1, 0.15) is 23.5 Å². The van der Waals surface area contributed by atoms with Crippen LogP contribution in [0.4, 0.5) is 11.6 Å². The Morgan fingerprint density at radius 3 is 2.83 bits per heavy atom. The molecule has 1 saturated heterocycles. The molecule has 0 spiro atoms. The van der Waals surface area contributed by atoms with Crippen LogP contribution in [-0.4, -0.2) is 27.9 Å². The first-order valence-electron chi connectivity index (χ1n) is 8.34. The molecule has 122 valence electrons. The third kappa shape index (κ3) is 3.16. The highest BCUT2D eigenvalue weighted by atomic mass is 15.4. The van der Waals surface area contributed by atoms with E-state index in [4.69, 9.17) is 0 Å². The SMILES string of the molecule is Cc1cc(Nc2ncn(-c3ccccc3)n2)cc(C2CCNC2)c1. The van der Waals surface area contributed by atoms with Crippen molar-refractivity contribution >= 4 is 11.6 Å². The average Bonchev–Trinajstić information content (AvgIpc) is 3.27. The van der Waals surface area contributed by atoms with Crippen LogP contribution < -0.4 is 10.6 Å². The maximum absolute atomic E-state index is 4.51. The van der Waals surface area contributed by atoms with Gasteiger partial charge in [-0.2, -0.15) is 4.98 Å². The van der Waals surface area contributed by atoms with Crippen LogP contribution in [-0.2, 0) is 0 Å². The predicted octanol–water partition coefficient (Wildman–Crippen LogP) is 3.40. The number of hydrogen-bond acceptors (Lipinski definition) is 4. The summed E-state index contributed by atoms with van der Waals surface area (Å²) in [7, 11) is 0. The molecule has 1 aliphatic rings. The molecule has 2 heterocycles. The molecule has 5 heteroatoms. The van der Waals surface area contributed by atoms with Crippen molar-refractivity contribution in [3.05, 3.63) is 66.0 Å². The van der Waals surface area contributed by atoms with E-state index < -0.39 is 0 Å². The number of hydrogen-bond donors (Lipinski definition) is 2. The Balaban J connectivity index is 1.56. The molecule has 0 radical (unpaired) electrons. The molecule has 2 N–H and O–H groups in total. The van der Waals surface area contributed by atoms with Crippen LogP contribution in [0.2, 0.25) is 0 Å². The van der Waals surface area contributed by atoms with E-state index in [2.05, 4.69) is 45.8 Å². The van der Waals surface area contributed by atoms with Gasteiger partial charge in [0, 0.05) is 12.2 Å². The van der Waals surface area contributed by atoms with Crippen LogP contribution in [0.3, 0.4) is 0 Å². The molecule has 0 amide bonds. The van der Waals surface area contributed by atoms with E-state index in [1.807, 2.05) is 30.3 Å². The normalized spacial score (nSPS) is 17.1. The number of aromatic nitrogens is 3. The van der Waals surface area contributed by atoms with Crippen LogP contribution in [0, 0.1) is 6.92 Å². The zero-order chi connectivity index (χ0) is 16.4. The lowest BCUT2D eigenvalue weighted by Gasteiger charge is -2.12. The number of nitrogens with one attached hydrogen (secondary N) is 2. The highest BCUT2D eigenvalue weighted by Crippen LogP contribution is 2.27. The van der Waals surface area contributed by atoms with E-state index in [1.54, 1.807) is 11.0 Å². The topological polar surface area (TPSA) is 54.8 Å². The first-order valence-corrected chi connectivity index (χ1v) is 8.34. The Hall–Kier alpha value is -2.66. The highest BCUT2D eigenvalue weighted by molar-refractivity contribution is 5.56. The fraction of sp³-hybridized carbons (Fsp3) is 0.263. The maximum atomic E-state index is 4.51. The lowest BCUT2D eigenvalue weighted by atomic mass is 9.96. The van der Waals surface area contributed by atoms with Gasteiger partial charge in [0.2, 0.25) is 5.95 Å². The van der Waals surface area contributed by atoms with Crippen molar-refractivity contribution in [1.29, 1.82) is 0 Å². The minimum Gasteiger partial charge on any atom is -0.323 e. The third-order valence-corrected chi connectivity index (χ3v) is 4.40. The van der Waals surface area contributed by atoms with E-state index in [1.165, 1.54) is 17.5 Å². The molecule has 0 saturated carbocycles. The summed E-state index contributed by atoms with van der Waals surface area (Å²) in [6.07, 6.45) is 2.93. The standard InChI is InChI=1S/C19H21N5/c1-14-9-16(15-7-8-20-12-15)11-17(10-14)22-19-21-13-24(23-19)18-5-3-2-4-6-18/h2-6,9-11,13,15,20H,7-8,12H2,1H3,(H,22,23). The summed E-state index contributed by atoms with van der Waals surface area (Å²) in [5.74, 6) is 1.21. The monoisotopic (exact) mass is 319 g/mol. The second kappa shape index (κ2) is 6.45. The van der Waals surface area contributed by atoms with Gasteiger partial charge in [0.25, 0.3) is 0 Å². The number of benzene rings is 2. The summed E-state index contributed by atoms with van der Waals surface area (Å²) in [5.41, 5.74) is 4.68. The van der Waals surface area contributed by atoms with Gasteiger partial charge < -0.3 is 10.6 Å². The Morgan fingerprint density at radius 2 is 2.04 bits per heavy atom. The molecule has 1 fully saturated rings. The Morgan fingerprint density at radius 1 is 1.17 bits per heavy atom. The van der Waals surface area contributed by atoms with Crippen molar-refractivity contribution in [2.24, 2.45) is 0 Å². The zero-order valence-corrected chi connectivity index (χ0v) is 13.7. The van der Waals surface area contributed by atoms with E-state index in [0.29, 0.717) is 11.9 Å². The van der Waals surface area contributed by atoms with Crippen molar-refractivity contribution in [2.45, 2.75) is 19.3 Å². The van der Waals surface area contributed by atoms with Gasteiger partial charge in [0.05, 0.1) is 5.69 Å². The maximum Gasteiger partial charge on any atom is 0.246 e. The minimum absolute atomic E-state index is 0.597. The molecule has 0 bridgehead atoms. The fourth-order valence-corrected chi connectivity index (χ4v) is 3.21. The summed E-state index contributed by atoms with van der Waals surface area (Å²) in [6, 6.07) is 16.6. The van der Waals surface area contributed by atoms with Crippen molar-refractivity contribution in [3.63, 3.8) is 0 Å². The van der Waals surface area contributed by atoms with Gasteiger partial charge in [0.1, 0.15) is 6.33 Å². The van der Waals surface area contributed by atoms with Crippen LogP contribution in [0.25, 0.3) is 5.69 Å². The molecule has 24 heavy (non-hydrogen) atoms. The minimum atomic E-state index is 0.597. The number of nitrogens with zero attached hydrogens (tertiary/aromatic N) is 3. The molecule has 1 aromatic heterocycles. The summed E-state index contributed by atoms with van der Waals surface area (Å²) in [5, 5.41) is 11.3. The Kier molecular flexibility index (Phi) is 4.01. The molecule has 1 unspecified atom stereocenters. The van der Waals surface area contributed by atoms with Gasteiger partial charge in [-0.15, -0.1) is 5.10 Å². The molecule has 4 rings (SSSR count). The van der Waals surface area contributed by atoms with E-state index in [0.717, 1.165) is 24.5 Å². The van der Waals surface area contributed by atoms with Gasteiger partial charge in [-0.25, -0.2) is 4.68 Å². The van der Waals surface area contributed by atoms with Crippen molar-refractivity contribution < 1.29 is 0 Å².